The number of amides is 2. The van der Waals surface area contributed by atoms with Gasteiger partial charge in [0, 0.05) is 4.47 Å². The lowest BCUT2D eigenvalue weighted by molar-refractivity contribution is 0.0925. The number of halogens is 1. The van der Waals surface area contributed by atoms with Crippen LogP contribution in [0.4, 0.5) is 5.69 Å². The van der Waals surface area contributed by atoms with E-state index in [-0.39, 0.29) is 11.8 Å². The molecule has 0 fully saturated rings. The van der Waals surface area contributed by atoms with Crippen LogP contribution >= 0.6 is 15.9 Å². The molecule has 0 spiro atoms. The van der Waals surface area contributed by atoms with Gasteiger partial charge in [0.25, 0.3) is 11.8 Å². The molecule has 2 amide bonds. The second-order valence-corrected chi connectivity index (χ2v) is 5.68. The Labute approximate surface area is 125 Å². The van der Waals surface area contributed by atoms with Gasteiger partial charge in [0.2, 0.25) is 0 Å². The van der Waals surface area contributed by atoms with Crippen molar-refractivity contribution in [3.05, 3.63) is 63.1 Å². The average molecular weight is 330 g/mol. The first-order chi connectivity index (χ1) is 9.52. The monoisotopic (exact) mass is 329 g/mol. The molecule has 3 rings (SSSR count). The molecule has 3 nitrogen and oxygen atoms in total. The van der Waals surface area contributed by atoms with Crippen LogP contribution in [0.2, 0.25) is 0 Å². The molecule has 4 heteroatoms. The van der Waals surface area contributed by atoms with Crippen molar-refractivity contribution in [2.75, 3.05) is 4.90 Å². The lowest BCUT2D eigenvalue weighted by Crippen LogP contribution is -2.30. The maximum atomic E-state index is 12.5. The predicted octanol–water partition coefficient (Wildman–Crippen LogP) is 3.87. The Morgan fingerprint density at radius 2 is 1.45 bits per heavy atom. The molecule has 0 saturated carbocycles. The molecule has 0 N–H and O–H groups in total. The third-order valence-electron chi connectivity index (χ3n) is 3.58. The summed E-state index contributed by atoms with van der Waals surface area (Å²) in [5, 5.41) is 0. The zero-order valence-corrected chi connectivity index (χ0v) is 12.7. The first kappa shape index (κ1) is 13.1. The molecule has 1 aliphatic heterocycles. The van der Waals surface area contributed by atoms with Crippen molar-refractivity contribution in [3.63, 3.8) is 0 Å². The zero-order valence-electron chi connectivity index (χ0n) is 11.1. The Kier molecular flexibility index (Phi) is 2.98. The summed E-state index contributed by atoms with van der Waals surface area (Å²) < 4.78 is 0.884. The summed E-state index contributed by atoms with van der Waals surface area (Å²) in [5.74, 6) is -0.509. The van der Waals surface area contributed by atoms with Crippen LogP contribution in [-0.2, 0) is 0 Å². The minimum Gasteiger partial charge on any atom is -0.268 e. The van der Waals surface area contributed by atoms with Crippen molar-refractivity contribution >= 4 is 33.4 Å². The van der Waals surface area contributed by atoms with Crippen LogP contribution in [0.15, 0.2) is 40.9 Å². The fourth-order valence-corrected chi connectivity index (χ4v) is 2.87. The highest BCUT2D eigenvalue weighted by Crippen LogP contribution is 2.35. The van der Waals surface area contributed by atoms with E-state index in [0.29, 0.717) is 16.8 Å². The van der Waals surface area contributed by atoms with Gasteiger partial charge in [-0.1, -0.05) is 34.1 Å². The SMILES string of the molecule is Cc1ccc(Br)c(C)c1N1C(=O)c2ccccc2C1=O. The molecule has 2 aromatic rings. The van der Waals surface area contributed by atoms with E-state index in [2.05, 4.69) is 15.9 Å². The number of fused-ring (bicyclic) bond motifs is 1. The molecule has 1 aliphatic rings. The summed E-state index contributed by atoms with van der Waals surface area (Å²) >= 11 is 3.45. The maximum Gasteiger partial charge on any atom is 0.266 e. The minimum atomic E-state index is -0.255. The van der Waals surface area contributed by atoms with Crippen molar-refractivity contribution in [3.8, 4) is 0 Å². The fraction of sp³-hybridized carbons (Fsp3) is 0.125. The topological polar surface area (TPSA) is 37.4 Å². The fourth-order valence-electron chi connectivity index (χ4n) is 2.55. The molecule has 0 aromatic heterocycles. The van der Waals surface area contributed by atoms with E-state index in [0.717, 1.165) is 15.6 Å². The smallest absolute Gasteiger partial charge is 0.266 e. The molecule has 0 saturated heterocycles. The Balaban J connectivity index is 2.22. The van der Waals surface area contributed by atoms with Crippen LogP contribution in [-0.4, -0.2) is 11.8 Å². The number of hydrogen-bond donors (Lipinski definition) is 0. The van der Waals surface area contributed by atoms with Gasteiger partial charge in [-0.3, -0.25) is 9.59 Å². The molecular weight excluding hydrogens is 318 g/mol. The van der Waals surface area contributed by atoms with E-state index < -0.39 is 0 Å². The summed E-state index contributed by atoms with van der Waals surface area (Å²) in [4.78, 5) is 26.3. The average Bonchev–Trinajstić information content (AvgIpc) is 2.69. The van der Waals surface area contributed by atoms with Crippen LogP contribution < -0.4 is 4.90 Å². The second-order valence-electron chi connectivity index (χ2n) is 4.83. The number of imide groups is 1. The van der Waals surface area contributed by atoms with Crippen molar-refractivity contribution < 1.29 is 9.59 Å². The molecule has 1 heterocycles. The Bertz CT molecular complexity index is 717. The summed E-state index contributed by atoms with van der Waals surface area (Å²) in [6.45, 7) is 3.80. The number of carbonyl (C=O) groups excluding carboxylic acids is 2. The lowest BCUT2D eigenvalue weighted by atomic mass is 10.1. The van der Waals surface area contributed by atoms with Crippen molar-refractivity contribution in [1.29, 1.82) is 0 Å². The van der Waals surface area contributed by atoms with Gasteiger partial charge in [0.1, 0.15) is 0 Å². The van der Waals surface area contributed by atoms with Crippen LogP contribution in [0.5, 0.6) is 0 Å². The zero-order chi connectivity index (χ0) is 14.4. The number of carbonyl (C=O) groups is 2. The van der Waals surface area contributed by atoms with Gasteiger partial charge >= 0.3 is 0 Å². The largest absolute Gasteiger partial charge is 0.268 e. The third-order valence-corrected chi connectivity index (χ3v) is 4.44. The number of benzene rings is 2. The van der Waals surface area contributed by atoms with Crippen LogP contribution in [0.25, 0.3) is 0 Å². The molecule has 100 valence electrons. The predicted molar refractivity (Wildman–Crippen MR) is 81.2 cm³/mol. The van der Waals surface area contributed by atoms with Crippen LogP contribution in [0, 0.1) is 13.8 Å². The first-order valence-corrected chi connectivity index (χ1v) is 7.05. The summed E-state index contributed by atoms with van der Waals surface area (Å²) in [5.41, 5.74) is 3.40. The second kappa shape index (κ2) is 4.56. The standard InChI is InChI=1S/C16H12BrNO2/c1-9-7-8-13(17)10(2)14(9)18-15(19)11-5-3-4-6-12(11)16(18)20/h3-8H,1-2H3. The van der Waals surface area contributed by atoms with E-state index >= 15 is 0 Å². The van der Waals surface area contributed by atoms with Gasteiger partial charge < -0.3 is 0 Å². The normalized spacial score (nSPS) is 13.8. The lowest BCUT2D eigenvalue weighted by Gasteiger charge is -2.20. The highest BCUT2D eigenvalue weighted by molar-refractivity contribution is 9.10. The third kappa shape index (κ3) is 1.72. The molecule has 0 aliphatic carbocycles. The van der Waals surface area contributed by atoms with Gasteiger partial charge in [-0.15, -0.1) is 0 Å². The van der Waals surface area contributed by atoms with Gasteiger partial charge in [-0.05, 0) is 43.2 Å². The van der Waals surface area contributed by atoms with Gasteiger partial charge in [0.15, 0.2) is 0 Å². The molecular formula is C16H12BrNO2. The summed E-state index contributed by atoms with van der Waals surface area (Å²) in [6, 6.07) is 10.8. The number of hydrogen-bond acceptors (Lipinski definition) is 2. The molecule has 20 heavy (non-hydrogen) atoms. The summed E-state index contributed by atoms with van der Waals surface area (Å²) in [7, 11) is 0. The van der Waals surface area contributed by atoms with Crippen molar-refractivity contribution in [2.24, 2.45) is 0 Å². The quantitative estimate of drug-likeness (QED) is 0.745. The first-order valence-electron chi connectivity index (χ1n) is 6.26. The van der Waals surface area contributed by atoms with Gasteiger partial charge in [0.05, 0.1) is 16.8 Å². The van der Waals surface area contributed by atoms with Gasteiger partial charge in [-0.2, -0.15) is 0 Å². The number of anilines is 1. The molecule has 0 radical (unpaired) electrons. The molecule has 0 bridgehead atoms. The van der Waals surface area contributed by atoms with Crippen molar-refractivity contribution in [1.82, 2.24) is 0 Å². The summed E-state index contributed by atoms with van der Waals surface area (Å²) in [6.07, 6.45) is 0. The van der Waals surface area contributed by atoms with E-state index in [9.17, 15) is 9.59 Å². The van der Waals surface area contributed by atoms with E-state index in [1.165, 1.54) is 4.90 Å². The molecule has 2 aromatic carbocycles. The molecule has 0 unspecified atom stereocenters. The Hall–Kier alpha value is -1.94. The minimum absolute atomic E-state index is 0.255. The Morgan fingerprint density at radius 3 is 2.00 bits per heavy atom. The Morgan fingerprint density at radius 1 is 0.900 bits per heavy atom. The van der Waals surface area contributed by atoms with E-state index in [1.54, 1.807) is 24.3 Å². The van der Waals surface area contributed by atoms with E-state index in [1.807, 2.05) is 26.0 Å². The van der Waals surface area contributed by atoms with E-state index in [4.69, 9.17) is 0 Å². The van der Waals surface area contributed by atoms with Gasteiger partial charge in [-0.25, -0.2) is 4.90 Å². The maximum absolute atomic E-state index is 12.5. The highest BCUT2D eigenvalue weighted by atomic mass is 79.9. The van der Waals surface area contributed by atoms with Crippen LogP contribution in [0.1, 0.15) is 31.8 Å². The molecule has 0 atom stereocenters. The number of rotatable bonds is 1. The number of aryl methyl sites for hydroxylation is 1. The number of nitrogens with zero attached hydrogens (tertiary/aromatic N) is 1. The highest BCUT2D eigenvalue weighted by Gasteiger charge is 2.37. The van der Waals surface area contributed by atoms with Crippen molar-refractivity contribution in [2.45, 2.75) is 13.8 Å². The van der Waals surface area contributed by atoms with Crippen LogP contribution in [0.3, 0.4) is 0 Å².